The Labute approximate surface area is 122 Å². The Hall–Kier alpha value is -1.99. The van der Waals surface area contributed by atoms with Gasteiger partial charge in [-0.3, -0.25) is 14.1 Å². The molecule has 21 heavy (non-hydrogen) atoms. The molecule has 7 nitrogen and oxygen atoms in total. The average Bonchev–Trinajstić information content (AvgIpc) is 3.10. The second-order valence-corrected chi connectivity index (χ2v) is 5.16. The maximum atomic E-state index is 12.3. The van der Waals surface area contributed by atoms with Crippen molar-refractivity contribution in [2.75, 3.05) is 26.7 Å². The number of hydrogen-bond acceptors (Lipinski definition) is 5. The number of methoxy groups -OCH3 is 1. The molecule has 1 aliphatic rings. The molecule has 0 radical (unpaired) electrons. The first-order chi connectivity index (χ1) is 10.2. The number of ether oxygens (including phenoxy) is 1. The molecule has 0 bridgehead atoms. The Bertz CT molecular complexity index is 608. The van der Waals surface area contributed by atoms with Crippen molar-refractivity contribution in [3.05, 3.63) is 30.4 Å². The van der Waals surface area contributed by atoms with Crippen molar-refractivity contribution >= 4 is 11.7 Å². The van der Waals surface area contributed by atoms with Gasteiger partial charge in [-0.2, -0.15) is 0 Å². The minimum atomic E-state index is -0.189. The topological polar surface area (TPSA) is 71.8 Å². The van der Waals surface area contributed by atoms with E-state index in [4.69, 9.17) is 4.74 Å². The zero-order valence-corrected chi connectivity index (χ0v) is 12.2. The number of aromatic nitrogens is 3. The first kappa shape index (κ1) is 14.0. The fourth-order valence-corrected chi connectivity index (χ4v) is 2.67. The number of likely N-dealkylation sites (N-methyl/N-ethyl adjacent to an activating group) is 1. The molecule has 0 aliphatic carbocycles. The number of amides is 1. The van der Waals surface area contributed by atoms with Gasteiger partial charge in [-0.15, -0.1) is 0 Å². The number of nitrogens with zero attached hydrogens (tertiary/aromatic N) is 4. The van der Waals surface area contributed by atoms with Crippen molar-refractivity contribution in [3.63, 3.8) is 0 Å². The fraction of sp³-hybridized carbons (Fsp3) is 0.500. The summed E-state index contributed by atoms with van der Waals surface area (Å²) in [7, 11) is 1.68. The number of fused-ring (bicyclic) bond motifs is 1. The van der Waals surface area contributed by atoms with Crippen LogP contribution in [-0.2, 0) is 4.74 Å². The van der Waals surface area contributed by atoms with Crippen molar-refractivity contribution < 1.29 is 9.53 Å². The number of nitrogens with one attached hydrogen (secondary N) is 1. The molecule has 0 saturated carbocycles. The molecule has 3 heterocycles. The van der Waals surface area contributed by atoms with Crippen LogP contribution >= 0.6 is 0 Å². The monoisotopic (exact) mass is 289 g/mol. The highest BCUT2D eigenvalue weighted by atomic mass is 16.5. The maximum absolute atomic E-state index is 12.3. The molecule has 7 heteroatoms. The smallest absolute Gasteiger partial charge is 0.271 e. The molecule has 2 aromatic heterocycles. The van der Waals surface area contributed by atoms with Crippen LogP contribution in [0.3, 0.4) is 0 Å². The lowest BCUT2D eigenvalue weighted by atomic mass is 10.2. The molecule has 1 saturated heterocycles. The van der Waals surface area contributed by atoms with E-state index in [1.54, 1.807) is 30.0 Å². The molecular formula is C14H19N5O2. The van der Waals surface area contributed by atoms with Gasteiger partial charge in [0.1, 0.15) is 5.69 Å². The van der Waals surface area contributed by atoms with Gasteiger partial charge in [0.15, 0.2) is 0 Å². The third-order valence-electron chi connectivity index (χ3n) is 3.88. The minimum Gasteiger partial charge on any atom is -0.378 e. The van der Waals surface area contributed by atoms with Gasteiger partial charge in [-0.05, 0) is 12.6 Å². The summed E-state index contributed by atoms with van der Waals surface area (Å²) >= 11 is 0. The zero-order valence-electron chi connectivity index (χ0n) is 12.2. The van der Waals surface area contributed by atoms with Crippen LogP contribution in [0.25, 0.3) is 5.78 Å². The Morgan fingerprint density at radius 3 is 3.10 bits per heavy atom. The van der Waals surface area contributed by atoms with Gasteiger partial charge < -0.3 is 10.1 Å². The first-order valence-electron chi connectivity index (χ1n) is 7.07. The number of carbonyl (C=O) groups excluding carboxylic acids is 1. The summed E-state index contributed by atoms with van der Waals surface area (Å²) < 4.78 is 7.19. The lowest BCUT2D eigenvalue weighted by Gasteiger charge is -2.17. The number of imidazole rings is 1. The highest BCUT2D eigenvalue weighted by Gasteiger charge is 2.33. The Kier molecular flexibility index (Phi) is 3.85. The summed E-state index contributed by atoms with van der Waals surface area (Å²) in [5.74, 6) is 0.332. The van der Waals surface area contributed by atoms with E-state index in [2.05, 4.69) is 27.1 Å². The molecule has 3 rings (SSSR count). The molecule has 1 amide bonds. The van der Waals surface area contributed by atoms with E-state index in [-0.39, 0.29) is 18.1 Å². The predicted molar refractivity (Wildman–Crippen MR) is 77.2 cm³/mol. The van der Waals surface area contributed by atoms with E-state index in [9.17, 15) is 4.79 Å². The van der Waals surface area contributed by atoms with Crippen molar-refractivity contribution in [1.82, 2.24) is 24.6 Å². The molecule has 112 valence electrons. The minimum absolute atomic E-state index is 0.0137. The third kappa shape index (κ3) is 2.74. The van der Waals surface area contributed by atoms with E-state index in [0.717, 1.165) is 19.6 Å². The summed E-state index contributed by atoms with van der Waals surface area (Å²) in [6.45, 7) is 4.69. The van der Waals surface area contributed by atoms with Gasteiger partial charge in [0.25, 0.3) is 5.91 Å². The molecule has 0 unspecified atom stereocenters. The van der Waals surface area contributed by atoms with Gasteiger partial charge in [0, 0.05) is 38.8 Å². The van der Waals surface area contributed by atoms with Crippen molar-refractivity contribution in [2.45, 2.75) is 19.1 Å². The van der Waals surface area contributed by atoms with Gasteiger partial charge in [-0.25, -0.2) is 9.97 Å². The van der Waals surface area contributed by atoms with Gasteiger partial charge in [-0.1, -0.05) is 6.92 Å². The van der Waals surface area contributed by atoms with E-state index >= 15 is 0 Å². The normalized spacial score (nSPS) is 22.8. The van der Waals surface area contributed by atoms with E-state index in [1.807, 2.05) is 6.20 Å². The van der Waals surface area contributed by atoms with Crippen LogP contribution in [0.4, 0.5) is 0 Å². The Balaban J connectivity index is 1.73. The van der Waals surface area contributed by atoms with Crippen LogP contribution in [0.15, 0.2) is 24.7 Å². The Morgan fingerprint density at radius 2 is 2.38 bits per heavy atom. The molecule has 0 spiro atoms. The van der Waals surface area contributed by atoms with Crippen LogP contribution in [0.1, 0.15) is 17.4 Å². The van der Waals surface area contributed by atoms with Crippen molar-refractivity contribution in [3.8, 4) is 0 Å². The van der Waals surface area contributed by atoms with Crippen LogP contribution in [0.2, 0.25) is 0 Å². The van der Waals surface area contributed by atoms with Crippen molar-refractivity contribution in [2.24, 2.45) is 0 Å². The van der Waals surface area contributed by atoms with Gasteiger partial charge in [0.2, 0.25) is 5.78 Å². The summed E-state index contributed by atoms with van der Waals surface area (Å²) in [5, 5.41) is 3.01. The molecule has 1 aliphatic heterocycles. The van der Waals surface area contributed by atoms with Crippen LogP contribution in [0, 0.1) is 0 Å². The SMILES string of the molecule is CCN1C[C@H](NC(=O)c2cn3cccnc3n2)[C@@H](OC)C1. The summed E-state index contributed by atoms with van der Waals surface area (Å²) in [6, 6.07) is 1.79. The molecular weight excluding hydrogens is 270 g/mol. The highest BCUT2D eigenvalue weighted by Crippen LogP contribution is 2.13. The maximum Gasteiger partial charge on any atom is 0.271 e. The van der Waals surface area contributed by atoms with E-state index in [1.165, 1.54) is 0 Å². The lowest BCUT2D eigenvalue weighted by molar-refractivity contribution is 0.0759. The standard InChI is InChI=1S/C14H19N5O2/c1-3-18-7-10(12(9-18)21-2)16-13(20)11-8-19-6-4-5-15-14(19)17-11/h4-6,8,10,12H,3,7,9H2,1-2H3,(H,16,20)/t10-,12-/m0/s1. The van der Waals surface area contributed by atoms with Crippen LogP contribution in [-0.4, -0.2) is 64.1 Å². The average molecular weight is 289 g/mol. The molecule has 1 fully saturated rings. The number of rotatable bonds is 4. The number of hydrogen-bond donors (Lipinski definition) is 1. The molecule has 1 N–H and O–H groups in total. The predicted octanol–water partition coefficient (Wildman–Crippen LogP) is 0.178. The first-order valence-corrected chi connectivity index (χ1v) is 7.07. The van der Waals surface area contributed by atoms with Gasteiger partial charge in [0.05, 0.1) is 12.1 Å². The molecule has 0 aromatic carbocycles. The molecule has 2 atom stereocenters. The Morgan fingerprint density at radius 1 is 1.52 bits per heavy atom. The zero-order chi connectivity index (χ0) is 14.8. The van der Waals surface area contributed by atoms with Gasteiger partial charge >= 0.3 is 0 Å². The largest absolute Gasteiger partial charge is 0.378 e. The number of likely N-dealkylation sites (tertiary alicyclic amines) is 1. The summed E-state index contributed by atoms with van der Waals surface area (Å²) in [6.07, 6.45) is 5.18. The van der Waals surface area contributed by atoms with Crippen LogP contribution < -0.4 is 5.32 Å². The van der Waals surface area contributed by atoms with Crippen molar-refractivity contribution in [1.29, 1.82) is 0 Å². The summed E-state index contributed by atoms with van der Waals surface area (Å²) in [4.78, 5) is 22.9. The lowest BCUT2D eigenvalue weighted by Crippen LogP contribution is -2.43. The highest BCUT2D eigenvalue weighted by molar-refractivity contribution is 5.93. The van der Waals surface area contributed by atoms with Crippen LogP contribution in [0.5, 0.6) is 0 Å². The third-order valence-corrected chi connectivity index (χ3v) is 3.88. The summed E-state index contributed by atoms with van der Waals surface area (Å²) in [5.41, 5.74) is 0.374. The van der Waals surface area contributed by atoms with E-state index in [0.29, 0.717) is 11.5 Å². The van der Waals surface area contributed by atoms with E-state index < -0.39 is 0 Å². The fourth-order valence-electron chi connectivity index (χ4n) is 2.67. The second-order valence-electron chi connectivity index (χ2n) is 5.16. The number of carbonyl (C=O) groups is 1. The molecule has 2 aromatic rings. The second kappa shape index (κ2) is 5.79. The quantitative estimate of drug-likeness (QED) is 0.869.